The summed E-state index contributed by atoms with van der Waals surface area (Å²) in [5.41, 5.74) is 2.77. The largest absolute Gasteiger partial charge is 0.388 e. The fourth-order valence-electron chi connectivity index (χ4n) is 4.13. The minimum absolute atomic E-state index is 0.0935. The Balaban J connectivity index is 1.44. The van der Waals surface area contributed by atoms with Crippen LogP contribution in [-0.4, -0.2) is 42.7 Å². The van der Waals surface area contributed by atoms with Gasteiger partial charge in [0.05, 0.1) is 12.1 Å². The number of aromatic amines is 1. The fourth-order valence-corrected chi connectivity index (χ4v) is 4.26. The van der Waals surface area contributed by atoms with E-state index in [-0.39, 0.29) is 24.5 Å². The van der Waals surface area contributed by atoms with Crippen LogP contribution in [0.5, 0.6) is 0 Å². The summed E-state index contributed by atoms with van der Waals surface area (Å²) in [5.74, 6) is 0.458. The van der Waals surface area contributed by atoms with Gasteiger partial charge in [0.15, 0.2) is 5.82 Å². The van der Waals surface area contributed by atoms with Crippen molar-refractivity contribution in [3.63, 3.8) is 0 Å². The number of nitrogens with zero attached hydrogens (tertiary/aromatic N) is 4. The van der Waals surface area contributed by atoms with Crippen molar-refractivity contribution in [2.24, 2.45) is 0 Å². The second-order valence-corrected chi connectivity index (χ2v) is 9.01. The van der Waals surface area contributed by atoms with E-state index in [1.165, 1.54) is 0 Å². The van der Waals surface area contributed by atoms with Crippen LogP contribution < -0.4 is 5.32 Å². The van der Waals surface area contributed by atoms with Gasteiger partial charge in [-0.25, -0.2) is 4.79 Å². The number of urea groups is 1. The minimum Gasteiger partial charge on any atom is -0.388 e. The molecule has 0 radical (unpaired) electrons. The van der Waals surface area contributed by atoms with Crippen molar-refractivity contribution < 1.29 is 9.90 Å². The number of tetrazole rings is 1. The summed E-state index contributed by atoms with van der Waals surface area (Å²) in [6, 6.07) is 15.1. The third-order valence-corrected chi connectivity index (χ3v) is 6.39. The Morgan fingerprint density at radius 2 is 1.91 bits per heavy atom. The van der Waals surface area contributed by atoms with Crippen molar-refractivity contribution in [2.45, 2.75) is 57.3 Å². The number of hydrogen-bond donors (Lipinski definition) is 3. The number of rotatable bonds is 8. The zero-order valence-corrected chi connectivity index (χ0v) is 19.8. The first-order chi connectivity index (χ1) is 16.5. The molecule has 3 atom stereocenters. The van der Waals surface area contributed by atoms with E-state index < -0.39 is 6.10 Å². The first-order valence-corrected chi connectivity index (χ1v) is 11.8. The first-order valence-electron chi connectivity index (χ1n) is 11.5. The summed E-state index contributed by atoms with van der Waals surface area (Å²) < 4.78 is 0. The summed E-state index contributed by atoms with van der Waals surface area (Å²) in [7, 11) is 0. The van der Waals surface area contributed by atoms with Gasteiger partial charge in [0.1, 0.15) is 0 Å². The van der Waals surface area contributed by atoms with Crippen molar-refractivity contribution in [1.82, 2.24) is 30.8 Å². The lowest BCUT2D eigenvalue weighted by molar-refractivity contribution is 0.162. The lowest BCUT2D eigenvalue weighted by Crippen LogP contribution is -2.46. The van der Waals surface area contributed by atoms with Crippen LogP contribution in [0.1, 0.15) is 60.8 Å². The highest BCUT2D eigenvalue weighted by Gasteiger charge is 2.25. The zero-order chi connectivity index (χ0) is 23.9. The number of hydrogen-bond acceptors (Lipinski definition) is 5. The minimum atomic E-state index is -0.727. The molecule has 0 spiro atoms. The highest BCUT2D eigenvalue weighted by atomic mass is 35.5. The first kappa shape index (κ1) is 23.9. The molecule has 0 aliphatic heterocycles. The molecule has 2 aromatic carbocycles. The molecular formula is C25H29ClN6O2. The maximum Gasteiger partial charge on any atom is 0.318 e. The second-order valence-electron chi connectivity index (χ2n) is 8.58. The Morgan fingerprint density at radius 1 is 1.18 bits per heavy atom. The van der Waals surface area contributed by atoms with Crippen LogP contribution in [0.2, 0.25) is 5.02 Å². The normalized spacial score (nSPS) is 17.2. The number of carbonyl (C=O) groups excluding carboxylic acids is 1. The molecule has 34 heavy (non-hydrogen) atoms. The van der Waals surface area contributed by atoms with Crippen molar-refractivity contribution in [3.8, 4) is 0 Å². The van der Waals surface area contributed by atoms with E-state index in [0.29, 0.717) is 17.4 Å². The molecule has 1 aromatic heterocycles. The molecule has 9 heteroatoms. The molecular weight excluding hydrogens is 452 g/mol. The summed E-state index contributed by atoms with van der Waals surface area (Å²) in [5, 5.41) is 28.0. The monoisotopic (exact) mass is 480 g/mol. The summed E-state index contributed by atoms with van der Waals surface area (Å²) in [4.78, 5) is 15.3. The topological polar surface area (TPSA) is 107 Å². The van der Waals surface area contributed by atoms with Crippen molar-refractivity contribution in [1.29, 1.82) is 0 Å². The zero-order valence-electron chi connectivity index (χ0n) is 19.1. The van der Waals surface area contributed by atoms with Crippen molar-refractivity contribution in [2.75, 3.05) is 0 Å². The fraction of sp³-hybridized carbons (Fsp3) is 0.360. The lowest BCUT2D eigenvalue weighted by atomic mass is 9.99. The van der Waals surface area contributed by atoms with Crippen LogP contribution in [0.4, 0.5) is 4.79 Å². The maximum atomic E-state index is 13.4. The van der Waals surface area contributed by atoms with E-state index in [1.54, 1.807) is 0 Å². The van der Waals surface area contributed by atoms with Crippen LogP contribution in [-0.2, 0) is 13.0 Å². The van der Waals surface area contributed by atoms with Gasteiger partial charge in [-0.2, -0.15) is 5.21 Å². The number of halogens is 1. The van der Waals surface area contributed by atoms with Gasteiger partial charge in [0, 0.05) is 24.0 Å². The predicted octanol–water partition coefficient (Wildman–Crippen LogP) is 4.51. The average Bonchev–Trinajstić information content (AvgIpc) is 3.36. The Kier molecular flexibility index (Phi) is 7.92. The Labute approximate surface area is 204 Å². The lowest BCUT2D eigenvalue weighted by Gasteiger charge is -2.34. The predicted molar refractivity (Wildman–Crippen MR) is 130 cm³/mol. The number of aliphatic hydroxyl groups excluding tert-OH is 1. The highest BCUT2D eigenvalue weighted by Crippen LogP contribution is 2.23. The molecule has 1 aliphatic rings. The molecule has 1 unspecified atom stereocenters. The highest BCUT2D eigenvalue weighted by molar-refractivity contribution is 6.30. The number of nitrogens with one attached hydrogen (secondary N) is 2. The van der Waals surface area contributed by atoms with E-state index in [2.05, 4.69) is 38.1 Å². The number of allylic oxidation sites excluding steroid dienone is 1. The molecule has 0 bridgehead atoms. The van der Waals surface area contributed by atoms with Crippen LogP contribution in [0.25, 0.3) is 0 Å². The van der Waals surface area contributed by atoms with Crippen molar-refractivity contribution >= 4 is 17.6 Å². The maximum absolute atomic E-state index is 13.4. The average molecular weight is 481 g/mol. The molecule has 1 aliphatic carbocycles. The summed E-state index contributed by atoms with van der Waals surface area (Å²) in [6.45, 7) is 2.46. The number of amides is 2. The van der Waals surface area contributed by atoms with Gasteiger partial charge in [-0.05, 0) is 55.0 Å². The standard InChI is InChI=1S/C25H29ClN6O2/c1-17(19-11-13-21(26)14-12-19)27-25(34)32(22-5-3-2-4-6-22)16-18-7-9-20(10-8-18)23(33)15-24-28-30-31-29-24/h2-3,7-14,17,22-23,33H,4-6,15-16H2,1H3,(H,27,34)(H,28,29,30,31)/t17-,22?,23+/m1/s1. The van der Waals surface area contributed by atoms with Crippen LogP contribution in [0.3, 0.4) is 0 Å². The number of benzene rings is 2. The van der Waals surface area contributed by atoms with Gasteiger partial charge in [-0.3, -0.25) is 0 Å². The van der Waals surface area contributed by atoms with Gasteiger partial charge in [0.2, 0.25) is 0 Å². The second kappa shape index (κ2) is 11.3. The van der Waals surface area contributed by atoms with Gasteiger partial charge >= 0.3 is 6.03 Å². The summed E-state index contributed by atoms with van der Waals surface area (Å²) >= 11 is 6.00. The molecule has 178 valence electrons. The number of aliphatic hydroxyl groups is 1. The molecule has 3 aromatic rings. The van der Waals surface area contributed by atoms with E-state index in [4.69, 9.17) is 11.6 Å². The number of H-pyrrole nitrogens is 1. The number of aromatic nitrogens is 4. The van der Waals surface area contributed by atoms with Gasteiger partial charge in [0.25, 0.3) is 0 Å². The SMILES string of the molecule is C[C@@H](NC(=O)N(Cc1ccc([C@@H](O)Cc2nn[nH]n2)cc1)C1CC=CCC1)c1ccc(Cl)cc1. The van der Waals surface area contributed by atoms with Crippen LogP contribution in [0, 0.1) is 0 Å². The molecule has 8 nitrogen and oxygen atoms in total. The Bertz CT molecular complexity index is 1090. The molecule has 1 heterocycles. The molecule has 2 amide bonds. The third kappa shape index (κ3) is 6.21. The quantitative estimate of drug-likeness (QED) is 0.411. The Morgan fingerprint density at radius 3 is 2.56 bits per heavy atom. The van der Waals surface area contributed by atoms with Gasteiger partial charge < -0.3 is 15.3 Å². The van der Waals surface area contributed by atoms with Crippen LogP contribution in [0.15, 0.2) is 60.7 Å². The third-order valence-electron chi connectivity index (χ3n) is 6.14. The van der Waals surface area contributed by atoms with E-state index in [9.17, 15) is 9.90 Å². The van der Waals surface area contributed by atoms with E-state index >= 15 is 0 Å². The van der Waals surface area contributed by atoms with Crippen LogP contribution >= 0.6 is 11.6 Å². The molecule has 3 N–H and O–H groups in total. The number of carbonyl (C=O) groups is 1. The van der Waals surface area contributed by atoms with Crippen molar-refractivity contribution in [3.05, 3.63) is 88.2 Å². The van der Waals surface area contributed by atoms with E-state index in [0.717, 1.165) is 36.0 Å². The summed E-state index contributed by atoms with van der Waals surface area (Å²) in [6.07, 6.45) is 6.60. The van der Waals surface area contributed by atoms with Gasteiger partial charge in [-0.1, -0.05) is 65.4 Å². The molecule has 4 rings (SSSR count). The van der Waals surface area contributed by atoms with Gasteiger partial charge in [-0.15, -0.1) is 10.2 Å². The molecule has 0 fully saturated rings. The molecule has 0 saturated carbocycles. The molecule has 0 saturated heterocycles. The van der Waals surface area contributed by atoms with E-state index in [1.807, 2.05) is 60.4 Å². The Hall–Kier alpha value is -3.23. The smallest absolute Gasteiger partial charge is 0.318 e.